The van der Waals surface area contributed by atoms with Crippen molar-refractivity contribution in [2.45, 2.75) is 20.4 Å². The number of halogens is 1. The van der Waals surface area contributed by atoms with Crippen molar-refractivity contribution >= 4 is 17.4 Å². The molecule has 0 saturated carbocycles. The van der Waals surface area contributed by atoms with Gasteiger partial charge in [0.25, 0.3) is 11.3 Å². The van der Waals surface area contributed by atoms with Crippen LogP contribution in [-0.4, -0.2) is 29.6 Å². The van der Waals surface area contributed by atoms with Crippen molar-refractivity contribution in [2.75, 3.05) is 0 Å². The minimum atomic E-state index is -0.201. The van der Waals surface area contributed by atoms with E-state index in [-0.39, 0.29) is 5.56 Å². The van der Waals surface area contributed by atoms with Crippen molar-refractivity contribution in [1.82, 2.24) is 29.6 Å². The molecule has 20 heavy (non-hydrogen) atoms. The zero-order valence-corrected chi connectivity index (χ0v) is 11.7. The van der Waals surface area contributed by atoms with E-state index in [1.807, 2.05) is 17.6 Å². The van der Waals surface area contributed by atoms with Crippen molar-refractivity contribution in [2.24, 2.45) is 0 Å². The second-order valence-electron chi connectivity index (χ2n) is 4.48. The van der Waals surface area contributed by atoms with Crippen LogP contribution in [0.2, 0.25) is 5.15 Å². The molecule has 3 rings (SSSR count). The second kappa shape index (κ2) is 4.68. The summed E-state index contributed by atoms with van der Waals surface area (Å²) in [5.41, 5.74) is 2.19. The van der Waals surface area contributed by atoms with Gasteiger partial charge in [-0.2, -0.15) is 0 Å². The molecule has 0 aliphatic carbocycles. The topological polar surface area (TPSA) is 78.0 Å². The molecule has 8 heteroatoms. The maximum absolute atomic E-state index is 12.0. The molecular weight excluding hydrogens is 280 g/mol. The standard InChI is InChI=1S/C12H11ClN6O/c1-7-8(2)18(6-9-3-4-10(13)14-5-9)12-15-16-17-19(12)11(7)20/h3-5H,6H2,1-2H3. The molecule has 0 atom stereocenters. The number of nitrogens with zero attached hydrogens (tertiary/aromatic N) is 6. The summed E-state index contributed by atoms with van der Waals surface area (Å²) in [4.78, 5) is 16.1. The molecule has 0 bridgehead atoms. The lowest BCUT2D eigenvalue weighted by Gasteiger charge is -2.13. The second-order valence-corrected chi connectivity index (χ2v) is 4.87. The van der Waals surface area contributed by atoms with Gasteiger partial charge >= 0.3 is 0 Å². The van der Waals surface area contributed by atoms with Crippen LogP contribution in [0.25, 0.3) is 5.78 Å². The van der Waals surface area contributed by atoms with Gasteiger partial charge in [-0.05, 0) is 35.9 Å². The van der Waals surface area contributed by atoms with Gasteiger partial charge < -0.3 is 4.57 Å². The molecular formula is C12H11ClN6O. The summed E-state index contributed by atoms with van der Waals surface area (Å²) < 4.78 is 3.08. The average molecular weight is 291 g/mol. The van der Waals surface area contributed by atoms with Crippen LogP contribution in [0.15, 0.2) is 23.1 Å². The Morgan fingerprint density at radius 1 is 1.30 bits per heavy atom. The van der Waals surface area contributed by atoms with Gasteiger partial charge in [0.15, 0.2) is 0 Å². The minimum absolute atomic E-state index is 0.201. The number of pyridine rings is 1. The van der Waals surface area contributed by atoms with Gasteiger partial charge in [0, 0.05) is 17.5 Å². The Morgan fingerprint density at radius 2 is 2.10 bits per heavy atom. The molecule has 0 N–H and O–H groups in total. The third kappa shape index (κ3) is 1.96. The molecule has 0 radical (unpaired) electrons. The van der Waals surface area contributed by atoms with Crippen LogP contribution in [0, 0.1) is 13.8 Å². The molecule has 0 amide bonds. The first-order chi connectivity index (χ1) is 9.58. The number of hydrogen-bond donors (Lipinski definition) is 0. The predicted molar refractivity (Wildman–Crippen MR) is 72.9 cm³/mol. The highest BCUT2D eigenvalue weighted by Crippen LogP contribution is 2.11. The van der Waals surface area contributed by atoms with Gasteiger partial charge in [-0.15, -0.1) is 4.52 Å². The van der Waals surface area contributed by atoms with Crippen molar-refractivity contribution in [1.29, 1.82) is 0 Å². The Hall–Kier alpha value is -2.28. The lowest BCUT2D eigenvalue weighted by Crippen LogP contribution is -2.24. The highest BCUT2D eigenvalue weighted by molar-refractivity contribution is 6.29. The summed E-state index contributed by atoms with van der Waals surface area (Å²) in [6, 6.07) is 3.60. The molecule has 0 aliphatic rings. The average Bonchev–Trinajstić information content (AvgIpc) is 2.92. The predicted octanol–water partition coefficient (Wildman–Crippen LogP) is 1.000. The van der Waals surface area contributed by atoms with Crippen LogP contribution < -0.4 is 5.56 Å². The van der Waals surface area contributed by atoms with Crippen LogP contribution in [0.3, 0.4) is 0 Å². The molecule has 102 valence electrons. The minimum Gasteiger partial charge on any atom is -0.308 e. The monoisotopic (exact) mass is 290 g/mol. The summed E-state index contributed by atoms with van der Waals surface area (Å²) in [5.74, 6) is 0.410. The fourth-order valence-electron chi connectivity index (χ4n) is 2.02. The van der Waals surface area contributed by atoms with E-state index in [0.29, 0.717) is 23.0 Å². The molecule has 7 nitrogen and oxygen atoms in total. The molecule has 0 spiro atoms. The molecule has 0 fully saturated rings. The van der Waals surface area contributed by atoms with Crippen molar-refractivity contribution in [3.63, 3.8) is 0 Å². The third-order valence-electron chi connectivity index (χ3n) is 3.28. The first-order valence-corrected chi connectivity index (χ1v) is 6.34. The Labute approximate surface area is 118 Å². The first-order valence-electron chi connectivity index (χ1n) is 5.96. The fraction of sp³-hybridized carbons (Fsp3) is 0.250. The number of tetrazole rings is 1. The van der Waals surface area contributed by atoms with Gasteiger partial charge in [0.2, 0.25) is 0 Å². The number of fused-ring (bicyclic) bond motifs is 1. The summed E-state index contributed by atoms with van der Waals surface area (Å²) in [6.07, 6.45) is 1.69. The van der Waals surface area contributed by atoms with Crippen molar-refractivity contribution in [3.8, 4) is 0 Å². The summed E-state index contributed by atoms with van der Waals surface area (Å²) >= 11 is 5.77. The molecule has 0 saturated heterocycles. The number of rotatable bonds is 2. The Kier molecular flexibility index (Phi) is 2.98. The zero-order valence-electron chi connectivity index (χ0n) is 10.9. The van der Waals surface area contributed by atoms with Gasteiger partial charge in [0.05, 0.1) is 6.54 Å². The number of aromatic nitrogens is 6. The van der Waals surface area contributed by atoms with Crippen LogP contribution in [0.5, 0.6) is 0 Å². The molecule has 0 unspecified atom stereocenters. The van der Waals surface area contributed by atoms with E-state index in [2.05, 4.69) is 20.5 Å². The highest BCUT2D eigenvalue weighted by atomic mass is 35.5. The van der Waals surface area contributed by atoms with Gasteiger partial charge in [-0.25, -0.2) is 4.98 Å². The highest BCUT2D eigenvalue weighted by Gasteiger charge is 2.13. The van der Waals surface area contributed by atoms with E-state index < -0.39 is 0 Å². The van der Waals surface area contributed by atoms with Gasteiger partial charge in [0.1, 0.15) is 5.15 Å². The molecule has 3 heterocycles. The van der Waals surface area contributed by atoms with Crippen LogP contribution in [-0.2, 0) is 6.54 Å². The number of hydrogen-bond acceptors (Lipinski definition) is 5. The van der Waals surface area contributed by atoms with Gasteiger partial charge in [-0.1, -0.05) is 22.8 Å². The van der Waals surface area contributed by atoms with Crippen LogP contribution >= 0.6 is 11.6 Å². The zero-order chi connectivity index (χ0) is 14.3. The third-order valence-corrected chi connectivity index (χ3v) is 3.51. The molecule has 0 aromatic carbocycles. The maximum Gasteiger partial charge on any atom is 0.280 e. The van der Waals surface area contributed by atoms with E-state index in [1.54, 1.807) is 19.2 Å². The Morgan fingerprint density at radius 3 is 2.80 bits per heavy atom. The van der Waals surface area contributed by atoms with E-state index in [0.717, 1.165) is 11.3 Å². The Balaban J connectivity index is 2.18. The Bertz CT molecular complexity index is 836. The van der Waals surface area contributed by atoms with Crippen molar-refractivity contribution < 1.29 is 0 Å². The largest absolute Gasteiger partial charge is 0.308 e. The van der Waals surface area contributed by atoms with Crippen molar-refractivity contribution in [3.05, 3.63) is 50.7 Å². The smallest absolute Gasteiger partial charge is 0.280 e. The summed E-state index contributed by atoms with van der Waals surface area (Å²) in [7, 11) is 0. The SMILES string of the molecule is Cc1c(C)n(Cc2ccc(Cl)nc2)c2nnnn2c1=O. The summed E-state index contributed by atoms with van der Waals surface area (Å²) in [5, 5.41) is 11.6. The first kappa shape index (κ1) is 12.7. The van der Waals surface area contributed by atoms with Gasteiger partial charge in [-0.3, -0.25) is 4.79 Å². The summed E-state index contributed by atoms with van der Waals surface area (Å²) in [6.45, 7) is 4.14. The quantitative estimate of drug-likeness (QED) is 0.658. The normalized spacial score (nSPS) is 11.2. The lowest BCUT2D eigenvalue weighted by atomic mass is 10.2. The maximum atomic E-state index is 12.0. The van der Waals surface area contributed by atoms with E-state index >= 15 is 0 Å². The van der Waals surface area contributed by atoms with E-state index in [9.17, 15) is 4.79 Å². The molecule has 3 aromatic heterocycles. The fourth-order valence-corrected chi connectivity index (χ4v) is 2.13. The molecule has 0 aliphatic heterocycles. The van der Waals surface area contributed by atoms with Crippen LogP contribution in [0.1, 0.15) is 16.8 Å². The molecule has 3 aromatic rings. The lowest BCUT2D eigenvalue weighted by molar-refractivity contribution is 0.714. The van der Waals surface area contributed by atoms with Crippen LogP contribution in [0.4, 0.5) is 0 Å². The van der Waals surface area contributed by atoms with E-state index in [4.69, 9.17) is 11.6 Å². The van der Waals surface area contributed by atoms with E-state index in [1.165, 1.54) is 4.52 Å².